The smallest absolute Gasteiger partial charge is 0.172 e. The van der Waals surface area contributed by atoms with Gasteiger partial charge in [0.15, 0.2) is 5.78 Å². The van der Waals surface area contributed by atoms with Crippen molar-refractivity contribution in [2.45, 2.75) is 5.75 Å². The third-order valence-corrected chi connectivity index (χ3v) is 3.18. The molecule has 1 aromatic carbocycles. The highest BCUT2D eigenvalue weighted by molar-refractivity contribution is 7.99. The zero-order valence-electron chi connectivity index (χ0n) is 9.06. The average Bonchev–Trinajstić information content (AvgIpc) is 2.83. The van der Waals surface area contributed by atoms with Crippen LogP contribution in [0.1, 0.15) is 16.1 Å². The second-order valence-corrected chi connectivity index (χ2v) is 4.49. The molecule has 0 fully saturated rings. The van der Waals surface area contributed by atoms with Crippen LogP contribution in [0.4, 0.5) is 4.39 Å². The number of ketones is 1. The Bertz CT molecular complexity index is 477. The topological polar surface area (TPSA) is 30.2 Å². The SMILES string of the molecule is O=C(CSCc1ccco1)c1ccc(F)cc1. The van der Waals surface area contributed by atoms with E-state index in [-0.39, 0.29) is 11.6 Å². The van der Waals surface area contributed by atoms with Gasteiger partial charge in [0.25, 0.3) is 0 Å². The van der Waals surface area contributed by atoms with Crippen LogP contribution >= 0.6 is 11.8 Å². The summed E-state index contributed by atoms with van der Waals surface area (Å²) in [6.45, 7) is 0. The molecule has 0 amide bonds. The number of hydrogen-bond donors (Lipinski definition) is 0. The predicted molar refractivity (Wildman–Crippen MR) is 65.6 cm³/mol. The van der Waals surface area contributed by atoms with Crippen molar-refractivity contribution in [2.24, 2.45) is 0 Å². The number of carbonyl (C=O) groups excluding carboxylic acids is 1. The lowest BCUT2D eigenvalue weighted by atomic mass is 10.1. The lowest BCUT2D eigenvalue weighted by Gasteiger charge is -2.00. The molecule has 1 heterocycles. The number of carbonyl (C=O) groups is 1. The largest absolute Gasteiger partial charge is 0.468 e. The average molecular weight is 250 g/mol. The first-order chi connectivity index (χ1) is 8.25. The van der Waals surface area contributed by atoms with Crippen molar-refractivity contribution >= 4 is 17.5 Å². The van der Waals surface area contributed by atoms with E-state index in [1.54, 1.807) is 6.26 Å². The molecule has 0 aliphatic rings. The highest BCUT2D eigenvalue weighted by atomic mass is 32.2. The molecular formula is C13H11FO2S. The number of benzene rings is 1. The summed E-state index contributed by atoms with van der Waals surface area (Å²) in [6.07, 6.45) is 1.61. The molecule has 0 bridgehead atoms. The van der Waals surface area contributed by atoms with E-state index in [0.717, 1.165) is 5.76 Å². The Kier molecular flexibility index (Phi) is 3.98. The fourth-order valence-corrected chi connectivity index (χ4v) is 2.18. The van der Waals surface area contributed by atoms with Gasteiger partial charge in [0, 0.05) is 5.56 Å². The van der Waals surface area contributed by atoms with E-state index in [2.05, 4.69) is 0 Å². The number of rotatable bonds is 5. The number of thioether (sulfide) groups is 1. The molecule has 4 heteroatoms. The summed E-state index contributed by atoms with van der Waals surface area (Å²) in [4.78, 5) is 11.7. The fraction of sp³-hybridized carbons (Fsp3) is 0.154. The maximum absolute atomic E-state index is 12.7. The van der Waals surface area contributed by atoms with E-state index in [1.165, 1.54) is 36.0 Å². The third-order valence-electron chi connectivity index (χ3n) is 2.22. The molecule has 0 radical (unpaired) electrons. The molecule has 0 spiro atoms. The molecule has 0 N–H and O–H groups in total. The Morgan fingerprint density at radius 3 is 2.65 bits per heavy atom. The van der Waals surface area contributed by atoms with Gasteiger partial charge < -0.3 is 4.42 Å². The van der Waals surface area contributed by atoms with Gasteiger partial charge in [0.05, 0.1) is 17.8 Å². The van der Waals surface area contributed by atoms with Crippen LogP contribution in [-0.2, 0) is 5.75 Å². The fourth-order valence-electron chi connectivity index (χ4n) is 1.36. The first-order valence-electron chi connectivity index (χ1n) is 5.14. The minimum absolute atomic E-state index is 0.00144. The molecule has 2 aromatic rings. The second-order valence-electron chi connectivity index (χ2n) is 3.50. The molecule has 2 rings (SSSR count). The summed E-state index contributed by atoms with van der Waals surface area (Å²) >= 11 is 1.48. The Morgan fingerprint density at radius 2 is 2.00 bits per heavy atom. The van der Waals surface area contributed by atoms with Gasteiger partial charge in [-0.2, -0.15) is 0 Å². The third kappa shape index (κ3) is 3.46. The van der Waals surface area contributed by atoms with Crippen LogP contribution in [0.5, 0.6) is 0 Å². The maximum atomic E-state index is 12.7. The first-order valence-corrected chi connectivity index (χ1v) is 6.30. The second kappa shape index (κ2) is 5.68. The zero-order chi connectivity index (χ0) is 12.1. The molecule has 0 atom stereocenters. The van der Waals surface area contributed by atoms with E-state index >= 15 is 0 Å². The van der Waals surface area contributed by atoms with Crippen LogP contribution in [0.3, 0.4) is 0 Å². The summed E-state index contributed by atoms with van der Waals surface area (Å²) in [6, 6.07) is 9.29. The molecule has 0 unspecified atom stereocenters. The van der Waals surface area contributed by atoms with Gasteiger partial charge >= 0.3 is 0 Å². The first kappa shape index (κ1) is 11.9. The maximum Gasteiger partial charge on any atom is 0.172 e. The number of hydrogen-bond acceptors (Lipinski definition) is 3. The molecule has 0 aliphatic carbocycles. The van der Waals surface area contributed by atoms with Crippen molar-refractivity contribution in [1.82, 2.24) is 0 Å². The van der Waals surface area contributed by atoms with E-state index < -0.39 is 0 Å². The summed E-state index contributed by atoms with van der Waals surface area (Å²) < 4.78 is 17.8. The van der Waals surface area contributed by atoms with Crippen LogP contribution in [-0.4, -0.2) is 11.5 Å². The van der Waals surface area contributed by atoms with Crippen LogP contribution in [0.15, 0.2) is 47.1 Å². The van der Waals surface area contributed by atoms with Crippen molar-refractivity contribution in [1.29, 1.82) is 0 Å². The van der Waals surface area contributed by atoms with E-state index in [4.69, 9.17) is 4.42 Å². The highest BCUT2D eigenvalue weighted by Crippen LogP contribution is 2.14. The van der Waals surface area contributed by atoms with Crippen LogP contribution in [0, 0.1) is 5.82 Å². The highest BCUT2D eigenvalue weighted by Gasteiger charge is 2.06. The van der Waals surface area contributed by atoms with E-state index in [0.29, 0.717) is 17.1 Å². The quantitative estimate of drug-likeness (QED) is 0.760. The molecule has 0 saturated heterocycles. The van der Waals surface area contributed by atoms with Crippen LogP contribution in [0.25, 0.3) is 0 Å². The van der Waals surface area contributed by atoms with Crippen molar-refractivity contribution in [2.75, 3.05) is 5.75 Å². The van der Waals surface area contributed by atoms with Gasteiger partial charge in [0.2, 0.25) is 0 Å². The lowest BCUT2D eigenvalue weighted by Crippen LogP contribution is -2.02. The van der Waals surface area contributed by atoms with E-state index in [9.17, 15) is 9.18 Å². The molecule has 88 valence electrons. The summed E-state index contributed by atoms with van der Waals surface area (Å²) in [5.74, 6) is 1.56. The molecular weight excluding hydrogens is 239 g/mol. The monoisotopic (exact) mass is 250 g/mol. The minimum Gasteiger partial charge on any atom is -0.468 e. The predicted octanol–water partition coefficient (Wildman–Crippen LogP) is 3.53. The van der Waals surface area contributed by atoms with Crippen molar-refractivity contribution in [3.05, 3.63) is 59.8 Å². The van der Waals surface area contributed by atoms with Gasteiger partial charge in [-0.05, 0) is 36.4 Å². The Hall–Kier alpha value is -1.55. The molecule has 1 aromatic heterocycles. The number of Topliss-reactive ketones (excluding diaryl/α,β-unsaturated/α-hetero) is 1. The lowest BCUT2D eigenvalue weighted by molar-refractivity contribution is 0.102. The Balaban J connectivity index is 1.83. The summed E-state index contributed by atoms with van der Waals surface area (Å²) in [5, 5.41) is 0. The number of furan rings is 1. The standard InChI is InChI=1S/C13H11FO2S/c14-11-5-3-10(4-6-11)13(15)9-17-8-12-2-1-7-16-12/h1-7H,8-9H2. The normalized spacial score (nSPS) is 10.4. The van der Waals surface area contributed by atoms with Gasteiger partial charge in [-0.1, -0.05) is 0 Å². The Labute approximate surface area is 103 Å². The van der Waals surface area contributed by atoms with E-state index in [1.807, 2.05) is 12.1 Å². The van der Waals surface area contributed by atoms with Crippen LogP contribution in [0.2, 0.25) is 0 Å². The van der Waals surface area contributed by atoms with Crippen LogP contribution < -0.4 is 0 Å². The minimum atomic E-state index is -0.329. The van der Waals surface area contributed by atoms with Crippen molar-refractivity contribution < 1.29 is 13.6 Å². The zero-order valence-corrected chi connectivity index (χ0v) is 9.87. The Morgan fingerprint density at radius 1 is 1.24 bits per heavy atom. The summed E-state index contributed by atoms with van der Waals surface area (Å²) in [7, 11) is 0. The van der Waals surface area contributed by atoms with Gasteiger partial charge in [-0.25, -0.2) is 4.39 Å². The van der Waals surface area contributed by atoms with Gasteiger partial charge in [-0.15, -0.1) is 11.8 Å². The molecule has 2 nitrogen and oxygen atoms in total. The van der Waals surface area contributed by atoms with Gasteiger partial charge in [0.1, 0.15) is 11.6 Å². The molecule has 0 saturated carbocycles. The number of halogens is 1. The summed E-state index contributed by atoms with van der Waals surface area (Å²) in [5.41, 5.74) is 0.540. The molecule has 17 heavy (non-hydrogen) atoms. The van der Waals surface area contributed by atoms with Crippen molar-refractivity contribution in [3.63, 3.8) is 0 Å². The molecule has 0 aliphatic heterocycles. The van der Waals surface area contributed by atoms with Crippen molar-refractivity contribution in [3.8, 4) is 0 Å². The van der Waals surface area contributed by atoms with Gasteiger partial charge in [-0.3, -0.25) is 4.79 Å².